The molecule has 2 N–H and O–H groups in total. The van der Waals surface area contributed by atoms with Gasteiger partial charge in [0.2, 0.25) is 0 Å². The van der Waals surface area contributed by atoms with Crippen LogP contribution in [-0.4, -0.2) is 0 Å². The lowest BCUT2D eigenvalue weighted by Crippen LogP contribution is -2.16. The number of aryl methyl sites for hydroxylation is 2. The fraction of sp³-hybridized carbons (Fsp3) is 0.200. The average Bonchev–Trinajstić information content (AvgIpc) is 2.31. The second kappa shape index (κ2) is 5.05. The van der Waals surface area contributed by atoms with Crippen molar-refractivity contribution in [1.82, 2.24) is 0 Å². The molecule has 2 rings (SSSR count). The van der Waals surface area contributed by atoms with Gasteiger partial charge in [-0.1, -0.05) is 18.2 Å². The molecule has 0 aliphatic carbocycles. The summed E-state index contributed by atoms with van der Waals surface area (Å²) in [5.41, 5.74) is 8.21. The number of nitrogens with two attached hydrogens (primary N) is 1. The smallest absolute Gasteiger partial charge is 0.134 e. The lowest BCUT2D eigenvalue weighted by atomic mass is 9.95. The maximum atomic E-state index is 13.7. The summed E-state index contributed by atoms with van der Waals surface area (Å²) in [7, 11) is 0. The van der Waals surface area contributed by atoms with Gasteiger partial charge in [-0.3, -0.25) is 0 Å². The van der Waals surface area contributed by atoms with Crippen LogP contribution in [0.2, 0.25) is 0 Å². The normalized spacial score (nSPS) is 12.5. The van der Waals surface area contributed by atoms with Gasteiger partial charge < -0.3 is 5.73 Å². The van der Waals surface area contributed by atoms with Gasteiger partial charge in [-0.05, 0) is 30.5 Å². The largest absolute Gasteiger partial charge is 0.320 e. The Labute approximate surface area is 109 Å². The Bertz CT molecular complexity index is 600. The number of hydrogen-bond acceptors (Lipinski definition) is 1. The maximum absolute atomic E-state index is 13.7. The van der Waals surface area contributed by atoms with Crippen molar-refractivity contribution < 1.29 is 13.2 Å². The number of hydrogen-bond donors (Lipinski definition) is 1. The van der Waals surface area contributed by atoms with Crippen LogP contribution < -0.4 is 5.73 Å². The first-order valence-corrected chi connectivity index (χ1v) is 5.87. The van der Waals surface area contributed by atoms with Crippen LogP contribution in [0.3, 0.4) is 0 Å². The van der Waals surface area contributed by atoms with Gasteiger partial charge in [-0.25, -0.2) is 13.2 Å². The van der Waals surface area contributed by atoms with Gasteiger partial charge in [0, 0.05) is 17.7 Å². The summed E-state index contributed by atoms with van der Waals surface area (Å²) in [6, 6.07) is 5.65. The van der Waals surface area contributed by atoms with Gasteiger partial charge in [0.05, 0.1) is 6.04 Å². The van der Waals surface area contributed by atoms with Crippen molar-refractivity contribution in [2.24, 2.45) is 5.73 Å². The van der Waals surface area contributed by atoms with Gasteiger partial charge >= 0.3 is 0 Å². The summed E-state index contributed by atoms with van der Waals surface area (Å²) in [6.07, 6.45) is 0. The first-order chi connectivity index (χ1) is 8.90. The van der Waals surface area contributed by atoms with Crippen LogP contribution >= 0.6 is 0 Å². The Morgan fingerprint density at radius 3 is 2.00 bits per heavy atom. The number of benzene rings is 2. The first kappa shape index (κ1) is 13.6. The minimum atomic E-state index is -0.969. The van der Waals surface area contributed by atoms with Crippen LogP contribution in [0, 0.1) is 31.3 Å². The van der Waals surface area contributed by atoms with Crippen LogP contribution in [0.25, 0.3) is 0 Å². The van der Waals surface area contributed by atoms with E-state index in [2.05, 4.69) is 0 Å². The van der Waals surface area contributed by atoms with Gasteiger partial charge in [-0.15, -0.1) is 0 Å². The van der Waals surface area contributed by atoms with E-state index in [1.807, 2.05) is 19.9 Å². The standard InChI is InChI=1S/C15H14F3N/c1-8-3-4-10(5-9(8)2)15(19)14-12(17)6-11(16)7-13(14)18/h3-7,15H,19H2,1-2H3. The molecule has 0 aromatic heterocycles. The quantitative estimate of drug-likeness (QED) is 0.878. The molecule has 0 aliphatic heterocycles. The summed E-state index contributed by atoms with van der Waals surface area (Å²) >= 11 is 0. The van der Waals surface area contributed by atoms with Crippen LogP contribution in [0.5, 0.6) is 0 Å². The van der Waals surface area contributed by atoms with E-state index in [9.17, 15) is 13.2 Å². The fourth-order valence-corrected chi connectivity index (χ4v) is 1.98. The molecular formula is C15H14F3N. The summed E-state index contributed by atoms with van der Waals surface area (Å²) in [4.78, 5) is 0. The van der Waals surface area contributed by atoms with Crippen molar-refractivity contribution in [3.63, 3.8) is 0 Å². The van der Waals surface area contributed by atoms with Crippen molar-refractivity contribution in [2.75, 3.05) is 0 Å². The highest BCUT2D eigenvalue weighted by atomic mass is 19.1. The first-order valence-electron chi connectivity index (χ1n) is 5.87. The van der Waals surface area contributed by atoms with Gasteiger partial charge in [0.25, 0.3) is 0 Å². The molecule has 1 nitrogen and oxygen atoms in total. The van der Waals surface area contributed by atoms with E-state index in [-0.39, 0.29) is 5.56 Å². The van der Waals surface area contributed by atoms with Crippen molar-refractivity contribution in [1.29, 1.82) is 0 Å². The molecule has 0 amide bonds. The minimum Gasteiger partial charge on any atom is -0.320 e. The summed E-state index contributed by atoms with van der Waals surface area (Å²) < 4.78 is 40.2. The van der Waals surface area contributed by atoms with E-state index in [0.29, 0.717) is 17.7 Å². The molecule has 0 fully saturated rings. The summed E-state index contributed by atoms with van der Waals surface area (Å²) in [5, 5.41) is 0. The zero-order valence-electron chi connectivity index (χ0n) is 10.7. The number of rotatable bonds is 2. The lowest BCUT2D eigenvalue weighted by Gasteiger charge is -2.16. The SMILES string of the molecule is Cc1ccc(C(N)c2c(F)cc(F)cc2F)cc1C. The molecule has 1 unspecified atom stereocenters. The molecule has 0 aliphatic rings. The maximum Gasteiger partial charge on any atom is 0.134 e. The zero-order valence-corrected chi connectivity index (χ0v) is 10.7. The van der Waals surface area contributed by atoms with E-state index < -0.39 is 23.5 Å². The van der Waals surface area contributed by atoms with Gasteiger partial charge in [-0.2, -0.15) is 0 Å². The Balaban J connectivity index is 2.49. The van der Waals surface area contributed by atoms with Gasteiger partial charge in [0.15, 0.2) is 0 Å². The second-order valence-electron chi connectivity index (χ2n) is 4.60. The second-order valence-corrected chi connectivity index (χ2v) is 4.60. The predicted molar refractivity (Wildman–Crippen MR) is 68.3 cm³/mol. The van der Waals surface area contributed by atoms with Crippen LogP contribution in [0.15, 0.2) is 30.3 Å². The molecular weight excluding hydrogens is 251 g/mol. The third-order valence-corrected chi connectivity index (χ3v) is 3.24. The zero-order chi connectivity index (χ0) is 14.2. The van der Waals surface area contributed by atoms with Crippen LogP contribution in [0.4, 0.5) is 13.2 Å². The molecule has 0 saturated carbocycles. The third-order valence-electron chi connectivity index (χ3n) is 3.24. The van der Waals surface area contributed by atoms with Crippen molar-refractivity contribution >= 4 is 0 Å². The molecule has 0 saturated heterocycles. The molecule has 2 aromatic carbocycles. The van der Waals surface area contributed by atoms with Crippen LogP contribution in [0.1, 0.15) is 28.3 Å². The van der Waals surface area contributed by atoms with E-state index in [4.69, 9.17) is 5.73 Å². The third kappa shape index (κ3) is 2.63. The van der Waals surface area contributed by atoms with Crippen molar-refractivity contribution in [2.45, 2.75) is 19.9 Å². The Morgan fingerprint density at radius 1 is 0.895 bits per heavy atom. The molecule has 0 heterocycles. The van der Waals surface area contributed by atoms with Gasteiger partial charge in [0.1, 0.15) is 17.5 Å². The van der Waals surface area contributed by atoms with Crippen molar-refractivity contribution in [3.8, 4) is 0 Å². The molecule has 100 valence electrons. The highest BCUT2D eigenvalue weighted by Gasteiger charge is 2.20. The monoisotopic (exact) mass is 265 g/mol. The van der Waals surface area contributed by atoms with E-state index in [0.717, 1.165) is 11.1 Å². The summed E-state index contributed by atoms with van der Waals surface area (Å²) in [6.45, 7) is 3.83. The Hall–Kier alpha value is -1.81. The molecule has 19 heavy (non-hydrogen) atoms. The summed E-state index contributed by atoms with van der Waals surface area (Å²) in [5.74, 6) is -2.89. The van der Waals surface area contributed by atoms with E-state index in [1.54, 1.807) is 12.1 Å². The Kier molecular flexibility index (Phi) is 3.62. The molecule has 1 atom stereocenters. The highest BCUT2D eigenvalue weighted by Crippen LogP contribution is 2.26. The lowest BCUT2D eigenvalue weighted by molar-refractivity contribution is 0.515. The van der Waals surface area contributed by atoms with Crippen LogP contribution in [-0.2, 0) is 0 Å². The topological polar surface area (TPSA) is 26.0 Å². The fourth-order valence-electron chi connectivity index (χ4n) is 1.98. The molecule has 0 radical (unpaired) electrons. The molecule has 2 aromatic rings. The van der Waals surface area contributed by atoms with E-state index >= 15 is 0 Å². The van der Waals surface area contributed by atoms with Crippen molar-refractivity contribution in [3.05, 3.63) is 70.0 Å². The molecule has 0 spiro atoms. The predicted octanol–water partition coefficient (Wildman–Crippen LogP) is 3.77. The highest BCUT2D eigenvalue weighted by molar-refractivity contribution is 5.38. The molecule has 4 heteroatoms. The Morgan fingerprint density at radius 2 is 1.47 bits per heavy atom. The minimum absolute atomic E-state index is 0.315. The number of halogens is 3. The van der Waals surface area contributed by atoms with E-state index in [1.165, 1.54) is 0 Å². The molecule has 0 bridgehead atoms. The average molecular weight is 265 g/mol.